The Morgan fingerprint density at radius 3 is 2.41 bits per heavy atom. The smallest absolute Gasteiger partial charge is 0.241 e. The first-order valence-corrected chi connectivity index (χ1v) is 9.03. The number of nitrogens with zero attached hydrogens (tertiary/aromatic N) is 3. The van der Waals surface area contributed by atoms with Gasteiger partial charge in [0.05, 0.1) is 25.8 Å². The van der Waals surface area contributed by atoms with Gasteiger partial charge in [-0.05, 0) is 48.7 Å². The summed E-state index contributed by atoms with van der Waals surface area (Å²) in [5.41, 5.74) is 8.17. The van der Waals surface area contributed by atoms with Crippen LogP contribution in [-0.2, 0) is 0 Å². The number of benzene rings is 2. The summed E-state index contributed by atoms with van der Waals surface area (Å²) in [6, 6.07) is 16.3. The number of hydrogen-bond acceptors (Lipinski definition) is 6. The van der Waals surface area contributed by atoms with Crippen LogP contribution in [0.1, 0.15) is 36.6 Å². The van der Waals surface area contributed by atoms with Crippen LogP contribution in [-0.4, -0.2) is 28.5 Å². The lowest BCUT2D eigenvalue weighted by Crippen LogP contribution is -2.28. The maximum absolute atomic E-state index is 5.86. The second kappa shape index (κ2) is 7.19. The van der Waals surface area contributed by atoms with E-state index >= 15 is 0 Å². The number of methoxy groups -OCH3 is 1. The third kappa shape index (κ3) is 3.40. The van der Waals surface area contributed by atoms with Crippen LogP contribution in [0.25, 0.3) is 0 Å². The van der Waals surface area contributed by atoms with Gasteiger partial charge >= 0.3 is 0 Å². The highest BCUT2D eigenvalue weighted by Gasteiger charge is 2.30. The lowest BCUT2D eigenvalue weighted by molar-refractivity contribution is 0.340. The highest BCUT2D eigenvalue weighted by molar-refractivity contribution is 5.43. The van der Waals surface area contributed by atoms with E-state index in [0.717, 1.165) is 23.5 Å². The molecular formula is C20H23N5O2. The van der Waals surface area contributed by atoms with E-state index in [1.165, 1.54) is 5.56 Å². The van der Waals surface area contributed by atoms with Crippen molar-refractivity contribution < 1.29 is 9.47 Å². The fraction of sp³-hybridized carbons (Fsp3) is 0.300. The Morgan fingerprint density at radius 2 is 1.74 bits per heavy atom. The molecule has 3 aromatic rings. The quantitative estimate of drug-likeness (QED) is 0.720. The Morgan fingerprint density at radius 1 is 1.07 bits per heavy atom. The van der Waals surface area contributed by atoms with Crippen molar-refractivity contribution in [1.29, 1.82) is 0 Å². The zero-order valence-electron chi connectivity index (χ0n) is 15.4. The Labute approximate surface area is 158 Å². The summed E-state index contributed by atoms with van der Waals surface area (Å²) in [6.45, 7) is 2.64. The van der Waals surface area contributed by atoms with Crippen molar-refractivity contribution in [3.05, 3.63) is 59.7 Å². The van der Waals surface area contributed by atoms with Crippen molar-refractivity contribution in [3.63, 3.8) is 0 Å². The molecule has 2 atom stereocenters. The van der Waals surface area contributed by atoms with E-state index in [4.69, 9.17) is 15.2 Å². The van der Waals surface area contributed by atoms with Crippen molar-refractivity contribution in [3.8, 4) is 11.5 Å². The van der Waals surface area contributed by atoms with E-state index in [-0.39, 0.29) is 18.0 Å². The van der Waals surface area contributed by atoms with Gasteiger partial charge in [-0.2, -0.15) is 4.98 Å². The standard InChI is InChI=1S/C20H23N5O2/c1-3-27-16-10-4-13(5-11-16)17-12-18(14-6-8-15(26-2)9-7-14)25-20(22-17)23-19(21)24-25/h4-11,17-18H,3,12H2,1-2H3,(H3,21,22,23,24)/t17-,18+/m0/s1. The summed E-state index contributed by atoms with van der Waals surface area (Å²) in [5, 5.41) is 7.84. The van der Waals surface area contributed by atoms with Crippen LogP contribution in [0.5, 0.6) is 11.5 Å². The molecular weight excluding hydrogens is 342 g/mol. The predicted molar refractivity (Wildman–Crippen MR) is 104 cm³/mol. The number of rotatable bonds is 5. The van der Waals surface area contributed by atoms with Gasteiger partial charge in [-0.25, -0.2) is 4.68 Å². The lowest BCUT2D eigenvalue weighted by Gasteiger charge is -2.31. The molecule has 2 aromatic carbocycles. The van der Waals surface area contributed by atoms with Crippen molar-refractivity contribution >= 4 is 11.9 Å². The topological polar surface area (TPSA) is 87.2 Å². The van der Waals surface area contributed by atoms with Crippen LogP contribution in [0.3, 0.4) is 0 Å². The number of nitrogens with one attached hydrogen (secondary N) is 1. The number of fused-ring (bicyclic) bond motifs is 1. The molecule has 27 heavy (non-hydrogen) atoms. The van der Waals surface area contributed by atoms with Crippen LogP contribution in [0.2, 0.25) is 0 Å². The van der Waals surface area contributed by atoms with Gasteiger partial charge in [0, 0.05) is 0 Å². The molecule has 1 aromatic heterocycles. The molecule has 4 rings (SSSR count). The van der Waals surface area contributed by atoms with Crippen molar-refractivity contribution in [2.75, 3.05) is 24.8 Å². The minimum absolute atomic E-state index is 0.0357. The van der Waals surface area contributed by atoms with Gasteiger partial charge in [-0.3, -0.25) is 0 Å². The molecule has 1 aliphatic heterocycles. The maximum Gasteiger partial charge on any atom is 0.241 e. The third-order valence-electron chi connectivity index (χ3n) is 4.80. The molecule has 7 nitrogen and oxygen atoms in total. The lowest BCUT2D eigenvalue weighted by atomic mass is 9.93. The summed E-state index contributed by atoms with van der Waals surface area (Å²) in [7, 11) is 1.66. The van der Waals surface area contributed by atoms with Crippen LogP contribution in [0.4, 0.5) is 11.9 Å². The van der Waals surface area contributed by atoms with E-state index in [9.17, 15) is 0 Å². The molecule has 0 unspecified atom stereocenters. The molecule has 0 saturated carbocycles. The highest BCUT2D eigenvalue weighted by Crippen LogP contribution is 2.38. The summed E-state index contributed by atoms with van der Waals surface area (Å²) in [4.78, 5) is 4.35. The number of ether oxygens (including phenoxy) is 2. The number of nitrogen functional groups attached to an aromatic ring is 1. The Balaban J connectivity index is 1.66. The molecule has 0 amide bonds. The van der Waals surface area contributed by atoms with E-state index < -0.39 is 0 Å². The second-order valence-corrected chi connectivity index (χ2v) is 6.46. The van der Waals surface area contributed by atoms with Crippen molar-refractivity contribution in [1.82, 2.24) is 14.8 Å². The molecule has 3 N–H and O–H groups in total. The average molecular weight is 365 g/mol. The molecule has 0 aliphatic carbocycles. The fourth-order valence-electron chi connectivity index (χ4n) is 3.48. The zero-order valence-corrected chi connectivity index (χ0v) is 15.4. The van der Waals surface area contributed by atoms with E-state index in [2.05, 4.69) is 39.7 Å². The van der Waals surface area contributed by atoms with Crippen molar-refractivity contribution in [2.24, 2.45) is 0 Å². The monoisotopic (exact) mass is 365 g/mol. The van der Waals surface area contributed by atoms with Gasteiger partial charge in [0.1, 0.15) is 11.5 Å². The van der Waals surface area contributed by atoms with Gasteiger partial charge in [0.25, 0.3) is 0 Å². The first kappa shape index (κ1) is 17.2. The van der Waals surface area contributed by atoms with E-state index in [1.807, 2.05) is 35.9 Å². The molecule has 0 radical (unpaired) electrons. The number of nitrogens with two attached hydrogens (primary N) is 1. The van der Waals surface area contributed by atoms with E-state index in [0.29, 0.717) is 12.6 Å². The zero-order chi connectivity index (χ0) is 18.8. The number of anilines is 2. The SMILES string of the molecule is CCOc1ccc([C@@H]2C[C@H](c3ccc(OC)cc3)n3nc(N)nc3N2)cc1. The van der Waals surface area contributed by atoms with Crippen LogP contribution in [0.15, 0.2) is 48.5 Å². The molecule has 1 aliphatic rings. The fourth-order valence-corrected chi connectivity index (χ4v) is 3.48. The normalized spacial score (nSPS) is 18.4. The minimum atomic E-state index is 0.0357. The van der Waals surface area contributed by atoms with Gasteiger partial charge in [-0.15, -0.1) is 5.10 Å². The van der Waals surface area contributed by atoms with Crippen molar-refractivity contribution in [2.45, 2.75) is 25.4 Å². The first-order valence-electron chi connectivity index (χ1n) is 9.03. The van der Waals surface area contributed by atoms with Gasteiger partial charge in [0.2, 0.25) is 11.9 Å². The predicted octanol–water partition coefficient (Wildman–Crippen LogP) is 3.41. The summed E-state index contributed by atoms with van der Waals surface area (Å²) in [5.74, 6) is 2.65. The maximum atomic E-state index is 5.86. The summed E-state index contributed by atoms with van der Waals surface area (Å²) < 4.78 is 12.7. The Hall–Kier alpha value is -3.22. The molecule has 0 bridgehead atoms. The summed E-state index contributed by atoms with van der Waals surface area (Å²) in [6.07, 6.45) is 0.829. The largest absolute Gasteiger partial charge is 0.497 e. The third-order valence-corrected chi connectivity index (χ3v) is 4.80. The minimum Gasteiger partial charge on any atom is -0.497 e. The van der Waals surface area contributed by atoms with Crippen LogP contribution < -0.4 is 20.5 Å². The van der Waals surface area contributed by atoms with Crippen LogP contribution in [0, 0.1) is 0 Å². The molecule has 0 fully saturated rings. The molecule has 2 heterocycles. The first-order chi connectivity index (χ1) is 13.2. The number of hydrogen-bond donors (Lipinski definition) is 2. The highest BCUT2D eigenvalue weighted by atomic mass is 16.5. The van der Waals surface area contributed by atoms with Gasteiger partial charge in [0.15, 0.2) is 0 Å². The van der Waals surface area contributed by atoms with Gasteiger partial charge < -0.3 is 20.5 Å². The van der Waals surface area contributed by atoms with Gasteiger partial charge in [-0.1, -0.05) is 24.3 Å². The van der Waals surface area contributed by atoms with Crippen LogP contribution >= 0.6 is 0 Å². The molecule has 0 spiro atoms. The van der Waals surface area contributed by atoms with E-state index in [1.54, 1.807) is 7.11 Å². The second-order valence-electron chi connectivity index (χ2n) is 6.46. The summed E-state index contributed by atoms with van der Waals surface area (Å²) >= 11 is 0. The molecule has 0 saturated heterocycles. The number of aromatic nitrogens is 3. The Bertz CT molecular complexity index is 905. The Kier molecular flexibility index (Phi) is 4.58. The average Bonchev–Trinajstić information content (AvgIpc) is 3.08. The molecule has 7 heteroatoms. The molecule has 140 valence electrons.